The minimum absolute atomic E-state index is 0.0573. The van der Waals surface area contributed by atoms with Crippen molar-refractivity contribution >= 4 is 17.7 Å². The molecule has 1 aromatic rings. The van der Waals surface area contributed by atoms with E-state index < -0.39 is 17.4 Å². The fraction of sp³-hybridized carbons (Fsp3) is 0.364. The number of rotatable bonds is 3. The first-order valence-electron chi connectivity index (χ1n) is 5.29. The van der Waals surface area contributed by atoms with Crippen LogP contribution in [-0.2, 0) is 0 Å². The molecule has 2 rings (SSSR count). The Morgan fingerprint density at radius 2 is 2.17 bits per heavy atom. The monoisotopic (exact) mass is 256 g/mol. The summed E-state index contributed by atoms with van der Waals surface area (Å²) >= 11 is 0. The number of alkyl halides is 2. The van der Waals surface area contributed by atoms with E-state index in [1.54, 1.807) is 0 Å². The Bertz CT molecular complexity index is 505. The molecule has 0 saturated carbocycles. The van der Waals surface area contributed by atoms with Gasteiger partial charge in [0.15, 0.2) is 6.29 Å². The molecule has 1 aromatic carbocycles. The van der Waals surface area contributed by atoms with E-state index in [9.17, 15) is 23.7 Å². The summed E-state index contributed by atoms with van der Waals surface area (Å²) in [7, 11) is 0. The molecule has 96 valence electrons. The van der Waals surface area contributed by atoms with Gasteiger partial charge in [-0.3, -0.25) is 14.9 Å². The van der Waals surface area contributed by atoms with Gasteiger partial charge in [-0.2, -0.15) is 0 Å². The maximum atomic E-state index is 13.1. The number of nitrogens with zero attached hydrogens (tertiary/aromatic N) is 2. The van der Waals surface area contributed by atoms with Gasteiger partial charge in [0.2, 0.25) is 0 Å². The highest BCUT2D eigenvalue weighted by atomic mass is 19.3. The average Bonchev–Trinajstić information content (AvgIpc) is 2.68. The molecule has 0 amide bonds. The number of nitro groups is 1. The molecule has 7 heteroatoms. The van der Waals surface area contributed by atoms with Crippen LogP contribution in [-0.4, -0.2) is 30.2 Å². The van der Waals surface area contributed by atoms with Gasteiger partial charge in [-0.05, 0) is 6.07 Å². The van der Waals surface area contributed by atoms with Gasteiger partial charge in [0.25, 0.3) is 11.6 Å². The molecule has 1 heterocycles. The quantitative estimate of drug-likeness (QED) is 0.472. The normalized spacial score (nSPS) is 17.8. The van der Waals surface area contributed by atoms with Crippen molar-refractivity contribution in [2.45, 2.75) is 12.3 Å². The van der Waals surface area contributed by atoms with E-state index in [0.717, 1.165) is 6.07 Å². The van der Waals surface area contributed by atoms with Crippen LogP contribution in [0.4, 0.5) is 20.2 Å². The minimum Gasteiger partial charge on any atom is -0.365 e. The molecule has 18 heavy (non-hydrogen) atoms. The van der Waals surface area contributed by atoms with E-state index in [1.807, 2.05) is 0 Å². The van der Waals surface area contributed by atoms with E-state index >= 15 is 0 Å². The lowest BCUT2D eigenvalue weighted by molar-refractivity contribution is -0.384. The van der Waals surface area contributed by atoms with Crippen molar-refractivity contribution in [2.75, 3.05) is 18.0 Å². The Kier molecular flexibility index (Phi) is 2.98. The summed E-state index contributed by atoms with van der Waals surface area (Å²) in [5, 5.41) is 10.6. The van der Waals surface area contributed by atoms with Crippen molar-refractivity contribution in [1.29, 1.82) is 0 Å². The number of hydrogen-bond donors (Lipinski definition) is 0. The summed E-state index contributed by atoms with van der Waals surface area (Å²) in [6, 6.07) is 3.64. The van der Waals surface area contributed by atoms with E-state index in [-0.39, 0.29) is 24.2 Å². The fourth-order valence-corrected chi connectivity index (χ4v) is 1.98. The van der Waals surface area contributed by atoms with Gasteiger partial charge in [-0.1, -0.05) is 0 Å². The summed E-state index contributed by atoms with van der Waals surface area (Å²) < 4.78 is 26.2. The molecule has 0 N–H and O–H groups in total. The van der Waals surface area contributed by atoms with Crippen LogP contribution in [0.1, 0.15) is 16.8 Å². The number of anilines is 1. The molecule has 1 saturated heterocycles. The molecule has 0 spiro atoms. The Labute approximate surface area is 101 Å². The van der Waals surface area contributed by atoms with Gasteiger partial charge >= 0.3 is 0 Å². The third kappa shape index (κ3) is 2.29. The third-order valence-corrected chi connectivity index (χ3v) is 2.86. The van der Waals surface area contributed by atoms with Crippen LogP contribution in [0, 0.1) is 10.1 Å². The topological polar surface area (TPSA) is 63.4 Å². The lowest BCUT2D eigenvalue weighted by Gasteiger charge is -2.19. The van der Waals surface area contributed by atoms with Crippen LogP contribution in [0.25, 0.3) is 0 Å². The Morgan fingerprint density at radius 3 is 2.67 bits per heavy atom. The third-order valence-electron chi connectivity index (χ3n) is 2.86. The van der Waals surface area contributed by atoms with E-state index in [4.69, 9.17) is 0 Å². The number of carbonyl (C=O) groups is 1. The predicted molar refractivity (Wildman–Crippen MR) is 60.3 cm³/mol. The number of non-ortho nitro benzene ring substituents is 1. The highest BCUT2D eigenvalue weighted by Gasteiger charge is 2.38. The molecule has 5 nitrogen and oxygen atoms in total. The average molecular weight is 256 g/mol. The van der Waals surface area contributed by atoms with Gasteiger partial charge in [0.1, 0.15) is 0 Å². The molecule has 0 aromatic heterocycles. The van der Waals surface area contributed by atoms with Crippen LogP contribution in [0.2, 0.25) is 0 Å². The lowest BCUT2D eigenvalue weighted by Crippen LogP contribution is -2.25. The Hall–Kier alpha value is -2.05. The largest absolute Gasteiger partial charge is 0.365 e. The summed E-state index contributed by atoms with van der Waals surface area (Å²) in [6.45, 7) is -0.336. The number of hydrogen-bond acceptors (Lipinski definition) is 4. The standard InChI is InChI=1S/C11H10F2N2O3/c12-11(13)3-4-14(7-11)10-2-1-9(15(17)18)5-8(10)6-16/h1-2,5-6H,3-4,7H2. The summed E-state index contributed by atoms with van der Waals surface area (Å²) in [4.78, 5) is 22.2. The SMILES string of the molecule is O=Cc1cc([N+](=O)[O-])ccc1N1CCC(F)(F)C1. The smallest absolute Gasteiger partial charge is 0.270 e. The van der Waals surface area contributed by atoms with Gasteiger partial charge in [-0.25, -0.2) is 8.78 Å². The maximum Gasteiger partial charge on any atom is 0.270 e. The summed E-state index contributed by atoms with van der Waals surface area (Å²) in [6.07, 6.45) is 0.168. The minimum atomic E-state index is -2.78. The highest BCUT2D eigenvalue weighted by molar-refractivity contribution is 5.86. The number of halogens is 2. The zero-order chi connectivity index (χ0) is 13.3. The second-order valence-electron chi connectivity index (χ2n) is 4.15. The van der Waals surface area contributed by atoms with Gasteiger partial charge in [0.05, 0.1) is 11.5 Å². The molecule has 0 atom stereocenters. The zero-order valence-electron chi connectivity index (χ0n) is 9.31. The van der Waals surface area contributed by atoms with Crippen LogP contribution >= 0.6 is 0 Å². The van der Waals surface area contributed by atoms with Gasteiger partial charge in [0, 0.05) is 36.3 Å². The predicted octanol–water partition coefficient (Wildman–Crippen LogP) is 2.25. The van der Waals surface area contributed by atoms with Crippen molar-refractivity contribution in [3.63, 3.8) is 0 Å². The second-order valence-corrected chi connectivity index (χ2v) is 4.15. The molecular weight excluding hydrogens is 246 g/mol. The first-order valence-corrected chi connectivity index (χ1v) is 5.29. The maximum absolute atomic E-state index is 13.1. The number of nitro benzene ring substituents is 1. The molecule has 1 aliphatic heterocycles. The van der Waals surface area contributed by atoms with E-state index in [2.05, 4.69) is 0 Å². The van der Waals surface area contributed by atoms with Crippen molar-refractivity contribution < 1.29 is 18.5 Å². The number of aldehydes is 1. The van der Waals surface area contributed by atoms with Crippen molar-refractivity contribution in [1.82, 2.24) is 0 Å². The van der Waals surface area contributed by atoms with Crippen LogP contribution in [0.15, 0.2) is 18.2 Å². The molecule has 0 aliphatic carbocycles. The summed E-state index contributed by atoms with van der Waals surface area (Å²) in [5.74, 6) is -2.78. The lowest BCUT2D eigenvalue weighted by atomic mass is 10.1. The first-order chi connectivity index (χ1) is 8.43. The fourth-order valence-electron chi connectivity index (χ4n) is 1.98. The number of carbonyl (C=O) groups excluding carboxylic acids is 1. The van der Waals surface area contributed by atoms with E-state index in [0.29, 0.717) is 12.0 Å². The van der Waals surface area contributed by atoms with Crippen molar-refractivity contribution in [3.05, 3.63) is 33.9 Å². The van der Waals surface area contributed by atoms with Crippen LogP contribution < -0.4 is 4.90 Å². The molecule has 0 radical (unpaired) electrons. The van der Waals surface area contributed by atoms with Gasteiger partial charge < -0.3 is 4.90 Å². The molecule has 0 unspecified atom stereocenters. The van der Waals surface area contributed by atoms with Crippen LogP contribution in [0.3, 0.4) is 0 Å². The summed E-state index contributed by atoms with van der Waals surface area (Å²) in [5.41, 5.74) is 0.140. The van der Waals surface area contributed by atoms with E-state index in [1.165, 1.54) is 17.0 Å². The van der Waals surface area contributed by atoms with Crippen molar-refractivity contribution in [3.8, 4) is 0 Å². The first kappa shape index (κ1) is 12.4. The molecule has 0 bridgehead atoms. The van der Waals surface area contributed by atoms with Crippen LogP contribution in [0.5, 0.6) is 0 Å². The Balaban J connectivity index is 2.34. The Morgan fingerprint density at radius 1 is 1.44 bits per heavy atom. The molecule has 1 fully saturated rings. The molecular formula is C11H10F2N2O3. The highest BCUT2D eigenvalue weighted by Crippen LogP contribution is 2.33. The number of benzene rings is 1. The zero-order valence-corrected chi connectivity index (χ0v) is 9.31. The second kappa shape index (κ2) is 4.32. The van der Waals surface area contributed by atoms with Crippen molar-refractivity contribution in [2.24, 2.45) is 0 Å². The van der Waals surface area contributed by atoms with Gasteiger partial charge in [-0.15, -0.1) is 0 Å². The molecule has 1 aliphatic rings.